The molecule has 0 aliphatic carbocycles. The Bertz CT molecular complexity index is 1230. The molecule has 32 heavy (non-hydrogen) atoms. The Balaban J connectivity index is 1.41. The quantitative estimate of drug-likeness (QED) is 0.166. The van der Waals surface area contributed by atoms with Gasteiger partial charge < -0.3 is 9.94 Å². The Morgan fingerprint density at radius 1 is 1.00 bits per heavy atom. The van der Waals surface area contributed by atoms with E-state index in [-0.39, 0.29) is 5.91 Å². The number of hydrogen-bond acceptors (Lipinski definition) is 4. The van der Waals surface area contributed by atoms with E-state index in [1.165, 1.54) is 18.9 Å². The zero-order valence-corrected chi connectivity index (χ0v) is 18.0. The van der Waals surface area contributed by atoms with E-state index in [1.807, 2.05) is 48.5 Å². The molecule has 0 atom stereocenters. The average molecular weight is 428 g/mol. The highest BCUT2D eigenvalue weighted by Crippen LogP contribution is 2.23. The summed E-state index contributed by atoms with van der Waals surface area (Å²) < 4.78 is 6.88. The van der Waals surface area contributed by atoms with E-state index in [1.54, 1.807) is 30.3 Å². The van der Waals surface area contributed by atoms with Gasteiger partial charge in [0, 0.05) is 6.08 Å². The number of unbranched alkanes of at least 4 members (excludes halogenated alkanes) is 2. The fourth-order valence-corrected chi connectivity index (χ4v) is 3.46. The normalized spacial score (nSPS) is 11.3. The molecule has 1 heterocycles. The van der Waals surface area contributed by atoms with Crippen LogP contribution in [0.5, 0.6) is 5.75 Å². The van der Waals surface area contributed by atoms with Gasteiger partial charge in [0.05, 0.1) is 6.61 Å². The lowest BCUT2D eigenvalue weighted by Crippen LogP contribution is -2.30. The molecule has 0 unspecified atom stereocenters. The van der Waals surface area contributed by atoms with Crippen molar-refractivity contribution >= 4 is 23.0 Å². The van der Waals surface area contributed by atoms with Gasteiger partial charge in [-0.3, -0.25) is 0 Å². The summed E-state index contributed by atoms with van der Waals surface area (Å²) in [5, 5.41) is 15.6. The molecule has 0 saturated heterocycles. The van der Waals surface area contributed by atoms with E-state index in [2.05, 4.69) is 12.1 Å². The molecule has 0 saturated carbocycles. The Kier molecular flexibility index (Phi) is 6.60. The molecule has 0 radical (unpaired) electrons. The highest BCUT2D eigenvalue weighted by Gasteiger charge is 2.18. The molecule has 1 aromatic heterocycles. The first-order chi connectivity index (χ1) is 15.7. The molecule has 0 amide bonds. The Morgan fingerprint density at radius 3 is 2.41 bits per heavy atom. The number of carbonyl (C=O) groups is 1. The van der Waals surface area contributed by atoms with Gasteiger partial charge in [-0.15, -0.1) is 4.85 Å². The third kappa shape index (κ3) is 4.86. The molecule has 162 valence electrons. The van der Waals surface area contributed by atoms with E-state index < -0.39 is 0 Å². The van der Waals surface area contributed by atoms with Crippen LogP contribution in [0.2, 0.25) is 0 Å². The van der Waals surface area contributed by atoms with Crippen molar-refractivity contribution in [1.82, 2.24) is 9.90 Å². The van der Waals surface area contributed by atoms with Crippen LogP contribution in [0.3, 0.4) is 0 Å². The molecule has 0 spiro atoms. The first kappa shape index (κ1) is 21.3. The van der Waals surface area contributed by atoms with Crippen molar-refractivity contribution in [3.63, 3.8) is 0 Å². The summed E-state index contributed by atoms with van der Waals surface area (Å²) in [5.41, 5.74) is 3.89. The molecule has 0 bridgehead atoms. The molecule has 0 aliphatic heterocycles. The lowest BCUT2D eigenvalue weighted by Gasteiger charge is -2.07. The molecule has 0 fully saturated rings. The van der Waals surface area contributed by atoms with Gasteiger partial charge >= 0.3 is 5.91 Å². The molecule has 0 N–H and O–H groups in total. The van der Waals surface area contributed by atoms with E-state index >= 15 is 0 Å². The topological polar surface area (TPSA) is 71.1 Å². The van der Waals surface area contributed by atoms with E-state index in [0.717, 1.165) is 40.1 Å². The predicted molar refractivity (Wildman–Crippen MR) is 125 cm³/mol. The molecular formula is C26H25N3O3. The van der Waals surface area contributed by atoms with Crippen molar-refractivity contribution in [2.75, 3.05) is 6.61 Å². The van der Waals surface area contributed by atoms with Crippen molar-refractivity contribution in [3.8, 4) is 16.9 Å². The first-order valence-electron chi connectivity index (χ1n) is 10.8. The van der Waals surface area contributed by atoms with Crippen molar-refractivity contribution < 1.29 is 14.4 Å². The van der Waals surface area contributed by atoms with Crippen LogP contribution in [0, 0.1) is 5.21 Å². The van der Waals surface area contributed by atoms with Gasteiger partial charge in [-0.1, -0.05) is 73.0 Å². The second-order valence-corrected chi connectivity index (χ2v) is 7.54. The van der Waals surface area contributed by atoms with Crippen LogP contribution in [-0.4, -0.2) is 22.4 Å². The maximum Gasteiger partial charge on any atom is 0.359 e. The summed E-state index contributed by atoms with van der Waals surface area (Å²) in [6.07, 6.45) is 6.57. The number of hydrogen-bond donors (Lipinski definition) is 0. The molecule has 0 aliphatic rings. The largest absolute Gasteiger partial charge is 0.691 e. The zero-order valence-electron chi connectivity index (χ0n) is 18.0. The minimum atomic E-state index is -0.380. The summed E-state index contributed by atoms with van der Waals surface area (Å²) in [4.78, 5) is 13.0. The molecular weight excluding hydrogens is 402 g/mol. The van der Waals surface area contributed by atoms with Gasteiger partial charge in [-0.2, -0.15) is 0 Å². The molecule has 4 aromatic rings. The number of aromatic nitrogens is 3. The van der Waals surface area contributed by atoms with Crippen LogP contribution in [0.15, 0.2) is 78.9 Å². The third-order valence-electron chi connectivity index (χ3n) is 5.23. The minimum absolute atomic E-state index is 0.357. The number of allylic oxidation sites excluding steroid dienone is 1. The van der Waals surface area contributed by atoms with Crippen molar-refractivity contribution in [2.45, 2.75) is 26.2 Å². The third-order valence-corrected chi connectivity index (χ3v) is 5.23. The number of fused-ring (bicyclic) bond motifs is 1. The SMILES string of the molecule is CCCCCOc1ccc(-c2ccc(C=CC(=O)n3n[n+]([O-])c4ccccc43)cc2)cc1. The lowest BCUT2D eigenvalue weighted by molar-refractivity contribution is -0.645. The Morgan fingerprint density at radius 2 is 1.69 bits per heavy atom. The van der Waals surface area contributed by atoms with Crippen LogP contribution in [0.25, 0.3) is 28.2 Å². The second kappa shape index (κ2) is 9.92. The summed E-state index contributed by atoms with van der Waals surface area (Å²) in [6, 6.07) is 22.8. The predicted octanol–water partition coefficient (Wildman–Crippen LogP) is 5.26. The van der Waals surface area contributed by atoms with E-state index in [9.17, 15) is 10.0 Å². The number of nitrogens with zero attached hydrogens (tertiary/aromatic N) is 3. The summed E-state index contributed by atoms with van der Waals surface area (Å²) in [7, 11) is 0. The number of ether oxygens (including phenoxy) is 1. The number of carbonyl (C=O) groups excluding carboxylic acids is 1. The van der Waals surface area contributed by atoms with Crippen molar-refractivity contribution in [1.29, 1.82) is 0 Å². The summed E-state index contributed by atoms with van der Waals surface area (Å²) >= 11 is 0. The Hall–Kier alpha value is -3.93. The fraction of sp³-hybridized carbons (Fsp3) is 0.192. The lowest BCUT2D eigenvalue weighted by atomic mass is 10.0. The molecule has 6 heteroatoms. The second-order valence-electron chi connectivity index (χ2n) is 7.54. The van der Waals surface area contributed by atoms with Gasteiger partial charge in [0.2, 0.25) is 11.0 Å². The van der Waals surface area contributed by atoms with Gasteiger partial charge in [-0.25, -0.2) is 4.79 Å². The van der Waals surface area contributed by atoms with Gasteiger partial charge in [-0.05, 0) is 53.5 Å². The maximum atomic E-state index is 12.5. The van der Waals surface area contributed by atoms with Gasteiger partial charge in [0.15, 0.2) is 0 Å². The van der Waals surface area contributed by atoms with Crippen LogP contribution in [-0.2, 0) is 0 Å². The standard InChI is InChI=1S/C26H25N3O3/c1-2-3-6-19-32-23-16-14-22(15-17-23)21-12-9-20(10-13-21)11-18-26(30)28-24-7-4-5-8-25(24)29(31)27-28/h4-5,7-18H,2-3,6,19H2,1H3. The summed E-state index contributed by atoms with van der Waals surface area (Å²) in [5.74, 6) is 0.503. The Labute approximate surface area is 186 Å². The smallest absolute Gasteiger partial charge is 0.359 e. The monoisotopic (exact) mass is 427 g/mol. The number of benzene rings is 3. The van der Waals surface area contributed by atoms with Crippen LogP contribution in [0.1, 0.15) is 36.5 Å². The molecule has 3 aromatic carbocycles. The summed E-state index contributed by atoms with van der Waals surface area (Å²) in [6.45, 7) is 2.92. The van der Waals surface area contributed by atoms with Gasteiger partial charge in [0.25, 0.3) is 0 Å². The molecule has 6 nitrogen and oxygen atoms in total. The van der Waals surface area contributed by atoms with Gasteiger partial charge in [0.1, 0.15) is 11.0 Å². The average Bonchev–Trinajstić information content (AvgIpc) is 3.18. The highest BCUT2D eigenvalue weighted by atomic mass is 16.5. The van der Waals surface area contributed by atoms with Crippen LogP contribution < -0.4 is 9.58 Å². The fourth-order valence-electron chi connectivity index (χ4n) is 3.46. The van der Waals surface area contributed by atoms with Crippen LogP contribution >= 0.6 is 0 Å². The minimum Gasteiger partial charge on any atom is -0.691 e. The first-order valence-corrected chi connectivity index (χ1v) is 10.8. The molecule has 4 rings (SSSR count). The number of rotatable bonds is 8. The van der Waals surface area contributed by atoms with Crippen molar-refractivity contribution in [2.24, 2.45) is 0 Å². The number of para-hydroxylation sites is 2. The highest BCUT2D eigenvalue weighted by molar-refractivity contribution is 5.97. The van der Waals surface area contributed by atoms with Crippen molar-refractivity contribution in [3.05, 3.63) is 89.6 Å². The maximum absolute atomic E-state index is 12.5. The van der Waals surface area contributed by atoms with Crippen LogP contribution in [0.4, 0.5) is 0 Å². The van der Waals surface area contributed by atoms with E-state index in [0.29, 0.717) is 15.9 Å². The zero-order chi connectivity index (χ0) is 22.3. The van der Waals surface area contributed by atoms with E-state index in [4.69, 9.17) is 4.74 Å².